The molecule has 1 aromatic rings. The lowest BCUT2D eigenvalue weighted by atomic mass is 10.0. The average molecular weight is 214 g/mol. The first-order chi connectivity index (χ1) is 6.95. The van der Waals surface area contributed by atoms with Crippen LogP contribution in [0, 0.1) is 0 Å². The molecule has 0 atom stereocenters. The SMILES string of the molecule is COc1cccc(CC(F)(F)C(C)=O)c1. The van der Waals surface area contributed by atoms with Gasteiger partial charge in [-0.1, -0.05) is 12.1 Å². The van der Waals surface area contributed by atoms with Crippen LogP contribution in [0.2, 0.25) is 0 Å². The highest BCUT2D eigenvalue weighted by Gasteiger charge is 2.34. The molecule has 82 valence electrons. The molecule has 2 nitrogen and oxygen atoms in total. The topological polar surface area (TPSA) is 26.3 Å². The van der Waals surface area contributed by atoms with Gasteiger partial charge in [-0.2, -0.15) is 8.78 Å². The molecule has 1 aromatic carbocycles. The molecule has 0 spiro atoms. The number of methoxy groups -OCH3 is 1. The monoisotopic (exact) mass is 214 g/mol. The second-order valence-corrected chi connectivity index (χ2v) is 3.29. The van der Waals surface area contributed by atoms with Crippen LogP contribution in [-0.2, 0) is 11.2 Å². The molecule has 0 aliphatic carbocycles. The smallest absolute Gasteiger partial charge is 0.308 e. The Labute approximate surface area is 86.9 Å². The van der Waals surface area contributed by atoms with Gasteiger partial charge in [-0.15, -0.1) is 0 Å². The first-order valence-corrected chi connectivity index (χ1v) is 4.47. The molecule has 0 unspecified atom stereocenters. The van der Waals surface area contributed by atoms with Crippen LogP contribution in [0.25, 0.3) is 0 Å². The van der Waals surface area contributed by atoms with E-state index in [0.717, 1.165) is 6.92 Å². The lowest BCUT2D eigenvalue weighted by molar-refractivity contribution is -0.140. The molecule has 0 saturated carbocycles. The molecule has 0 saturated heterocycles. The van der Waals surface area contributed by atoms with Crippen molar-refractivity contribution in [2.24, 2.45) is 0 Å². The summed E-state index contributed by atoms with van der Waals surface area (Å²) in [6, 6.07) is 6.32. The van der Waals surface area contributed by atoms with Crippen LogP contribution in [0.5, 0.6) is 5.75 Å². The van der Waals surface area contributed by atoms with Gasteiger partial charge in [-0.05, 0) is 17.7 Å². The second kappa shape index (κ2) is 4.38. The number of rotatable bonds is 4. The first kappa shape index (κ1) is 11.6. The van der Waals surface area contributed by atoms with Crippen LogP contribution in [-0.4, -0.2) is 18.8 Å². The Morgan fingerprint density at radius 1 is 1.47 bits per heavy atom. The largest absolute Gasteiger partial charge is 0.497 e. The van der Waals surface area contributed by atoms with Crippen LogP contribution in [0.15, 0.2) is 24.3 Å². The minimum Gasteiger partial charge on any atom is -0.497 e. The van der Waals surface area contributed by atoms with E-state index in [1.165, 1.54) is 13.2 Å². The summed E-state index contributed by atoms with van der Waals surface area (Å²) in [5.41, 5.74) is 0.384. The van der Waals surface area contributed by atoms with Crippen molar-refractivity contribution in [2.75, 3.05) is 7.11 Å². The van der Waals surface area contributed by atoms with Crippen LogP contribution in [0.1, 0.15) is 12.5 Å². The van der Waals surface area contributed by atoms with Crippen molar-refractivity contribution in [1.82, 2.24) is 0 Å². The Bertz CT molecular complexity index is 361. The Morgan fingerprint density at radius 3 is 2.67 bits per heavy atom. The predicted molar refractivity (Wildman–Crippen MR) is 52.3 cm³/mol. The lowest BCUT2D eigenvalue weighted by Gasteiger charge is -2.12. The number of hydrogen-bond donors (Lipinski definition) is 0. The lowest BCUT2D eigenvalue weighted by Crippen LogP contribution is -2.28. The highest BCUT2D eigenvalue weighted by molar-refractivity contribution is 5.83. The third kappa shape index (κ3) is 3.01. The molecule has 0 bridgehead atoms. The molecule has 1 rings (SSSR count). The summed E-state index contributed by atoms with van der Waals surface area (Å²) >= 11 is 0. The molecule has 0 aliphatic rings. The Kier molecular flexibility index (Phi) is 3.39. The van der Waals surface area contributed by atoms with Gasteiger partial charge in [-0.25, -0.2) is 0 Å². The highest BCUT2D eigenvalue weighted by Crippen LogP contribution is 2.23. The summed E-state index contributed by atoms with van der Waals surface area (Å²) in [7, 11) is 1.46. The van der Waals surface area contributed by atoms with Crippen LogP contribution < -0.4 is 4.74 Å². The maximum atomic E-state index is 13.1. The van der Waals surface area contributed by atoms with Gasteiger partial charge in [0.15, 0.2) is 5.78 Å². The van der Waals surface area contributed by atoms with E-state index in [1.807, 2.05) is 0 Å². The molecule has 0 N–H and O–H groups in total. The molecule has 0 amide bonds. The maximum absolute atomic E-state index is 13.1. The summed E-state index contributed by atoms with van der Waals surface area (Å²) in [6.45, 7) is 0.889. The predicted octanol–water partition coefficient (Wildman–Crippen LogP) is 2.46. The fourth-order valence-electron chi connectivity index (χ4n) is 1.16. The van der Waals surface area contributed by atoms with Gasteiger partial charge < -0.3 is 4.74 Å². The number of hydrogen-bond acceptors (Lipinski definition) is 2. The summed E-state index contributed by atoms with van der Waals surface area (Å²) in [6.07, 6.45) is -0.584. The van der Waals surface area contributed by atoms with E-state index in [2.05, 4.69) is 0 Å². The Morgan fingerprint density at radius 2 is 2.13 bits per heavy atom. The molecule has 0 aromatic heterocycles. The van der Waals surface area contributed by atoms with Crippen molar-refractivity contribution < 1.29 is 18.3 Å². The molecule has 15 heavy (non-hydrogen) atoms. The molecule has 0 heterocycles. The number of benzene rings is 1. The van der Waals surface area contributed by atoms with Crippen LogP contribution >= 0.6 is 0 Å². The van der Waals surface area contributed by atoms with Crippen molar-refractivity contribution in [2.45, 2.75) is 19.3 Å². The van der Waals surface area contributed by atoms with E-state index in [9.17, 15) is 13.6 Å². The van der Waals surface area contributed by atoms with Crippen molar-refractivity contribution in [3.63, 3.8) is 0 Å². The molecule has 4 heteroatoms. The second-order valence-electron chi connectivity index (χ2n) is 3.29. The van der Waals surface area contributed by atoms with Gasteiger partial charge in [0.05, 0.1) is 7.11 Å². The third-order valence-electron chi connectivity index (χ3n) is 2.08. The van der Waals surface area contributed by atoms with Crippen LogP contribution in [0.3, 0.4) is 0 Å². The van der Waals surface area contributed by atoms with Gasteiger partial charge in [0.1, 0.15) is 5.75 Å². The number of carbonyl (C=O) groups is 1. The molecule has 0 aliphatic heterocycles. The van der Waals surface area contributed by atoms with E-state index >= 15 is 0 Å². The van der Waals surface area contributed by atoms with E-state index in [1.54, 1.807) is 18.2 Å². The number of carbonyl (C=O) groups excluding carboxylic acids is 1. The van der Waals surface area contributed by atoms with E-state index in [-0.39, 0.29) is 0 Å². The molecular weight excluding hydrogens is 202 g/mol. The van der Waals surface area contributed by atoms with Gasteiger partial charge >= 0.3 is 5.92 Å². The van der Waals surface area contributed by atoms with E-state index < -0.39 is 18.1 Å². The number of ether oxygens (including phenoxy) is 1. The van der Waals surface area contributed by atoms with Crippen molar-refractivity contribution in [3.05, 3.63) is 29.8 Å². The van der Waals surface area contributed by atoms with Gasteiger partial charge in [-0.3, -0.25) is 4.79 Å². The summed E-state index contributed by atoms with van der Waals surface area (Å²) in [5.74, 6) is -3.91. The quantitative estimate of drug-likeness (QED) is 0.769. The summed E-state index contributed by atoms with van der Waals surface area (Å²) in [5, 5.41) is 0. The zero-order valence-corrected chi connectivity index (χ0v) is 8.59. The molecule has 0 radical (unpaired) electrons. The fraction of sp³-hybridized carbons (Fsp3) is 0.364. The Balaban J connectivity index is 2.85. The number of ketones is 1. The average Bonchev–Trinajstić information content (AvgIpc) is 2.17. The Hall–Kier alpha value is -1.45. The summed E-state index contributed by atoms with van der Waals surface area (Å²) < 4.78 is 31.1. The zero-order valence-electron chi connectivity index (χ0n) is 8.59. The number of alkyl halides is 2. The van der Waals surface area contributed by atoms with E-state index in [0.29, 0.717) is 11.3 Å². The maximum Gasteiger partial charge on any atom is 0.308 e. The van der Waals surface area contributed by atoms with Crippen LogP contribution in [0.4, 0.5) is 8.78 Å². The van der Waals surface area contributed by atoms with Crippen molar-refractivity contribution in [1.29, 1.82) is 0 Å². The highest BCUT2D eigenvalue weighted by atomic mass is 19.3. The normalized spacial score (nSPS) is 11.2. The van der Waals surface area contributed by atoms with Gasteiger partial charge in [0.25, 0.3) is 0 Å². The molecule has 0 fully saturated rings. The van der Waals surface area contributed by atoms with Crippen molar-refractivity contribution >= 4 is 5.78 Å². The fourth-order valence-corrected chi connectivity index (χ4v) is 1.16. The van der Waals surface area contributed by atoms with Gasteiger partial charge in [0, 0.05) is 13.3 Å². The minimum atomic E-state index is -3.30. The van der Waals surface area contributed by atoms with Crippen molar-refractivity contribution in [3.8, 4) is 5.75 Å². The first-order valence-electron chi connectivity index (χ1n) is 4.47. The van der Waals surface area contributed by atoms with E-state index in [4.69, 9.17) is 4.74 Å². The van der Waals surface area contributed by atoms with Gasteiger partial charge in [0.2, 0.25) is 0 Å². The summed E-state index contributed by atoms with van der Waals surface area (Å²) in [4.78, 5) is 10.6. The minimum absolute atomic E-state index is 0.384. The zero-order chi connectivity index (χ0) is 11.5. The number of Topliss-reactive ketones (excluding diaryl/α,β-unsaturated/α-hetero) is 1. The standard InChI is InChI=1S/C11H12F2O2/c1-8(14)11(12,13)7-9-4-3-5-10(6-9)15-2/h3-6H,7H2,1-2H3. The third-order valence-corrected chi connectivity index (χ3v) is 2.08. The number of halogens is 2. The molecular formula is C11H12F2O2.